The van der Waals surface area contributed by atoms with Gasteiger partial charge in [-0.3, -0.25) is 0 Å². The molecule has 3 heteroatoms. The van der Waals surface area contributed by atoms with Crippen LogP contribution in [0.2, 0.25) is 0 Å². The fraction of sp³-hybridized carbons (Fsp3) is 0. The molecule has 3 aromatic carbocycles. The molecule has 0 radical (unpaired) electrons. The van der Waals surface area contributed by atoms with Gasteiger partial charge in [-0.1, -0.05) is 30.3 Å². The molecule has 0 fully saturated rings. The number of fused-ring (bicyclic) bond motifs is 4. The van der Waals surface area contributed by atoms with Crippen molar-refractivity contribution in [2.24, 2.45) is 0 Å². The van der Waals surface area contributed by atoms with Crippen LogP contribution in [0.1, 0.15) is 0 Å². The number of benzene rings is 3. The van der Waals surface area contributed by atoms with E-state index in [0.717, 1.165) is 21.9 Å². The molecule has 0 bridgehead atoms. The molecule has 4 aromatic rings. The first-order valence-electron chi connectivity index (χ1n) is 5.45. The minimum Gasteiger partial charge on any atom is -0.337 e. The predicted molar refractivity (Wildman–Crippen MR) is 66.8 cm³/mol. The zero-order valence-electron chi connectivity index (χ0n) is 8.92. The Morgan fingerprint density at radius 1 is 0.824 bits per heavy atom. The van der Waals surface area contributed by atoms with Crippen molar-refractivity contribution in [2.45, 2.75) is 0 Å². The van der Waals surface area contributed by atoms with E-state index in [9.17, 15) is 0 Å². The lowest BCUT2D eigenvalue weighted by molar-refractivity contribution is 0.424. The Kier molecular flexibility index (Phi) is 1.56. The summed E-state index contributed by atoms with van der Waals surface area (Å²) < 4.78 is 5.08. The lowest BCUT2D eigenvalue weighted by atomic mass is 10.0. The van der Waals surface area contributed by atoms with Gasteiger partial charge in [0, 0.05) is 10.7 Å². The fourth-order valence-corrected chi connectivity index (χ4v) is 2.26. The summed E-state index contributed by atoms with van der Waals surface area (Å²) >= 11 is 0. The summed E-state index contributed by atoms with van der Waals surface area (Å²) in [5.41, 5.74) is 1.56. The van der Waals surface area contributed by atoms with E-state index in [-0.39, 0.29) is 0 Å². The molecule has 0 unspecified atom stereocenters. The zero-order chi connectivity index (χ0) is 11.2. The molecule has 3 nitrogen and oxygen atoms in total. The second-order valence-corrected chi connectivity index (χ2v) is 4.11. The topological polar surface area (TPSA) is 38.9 Å². The van der Waals surface area contributed by atoms with Crippen LogP contribution in [0.15, 0.2) is 53.1 Å². The van der Waals surface area contributed by atoms with Gasteiger partial charge in [-0.2, -0.15) is 0 Å². The van der Waals surface area contributed by atoms with Crippen molar-refractivity contribution < 1.29 is 4.52 Å². The Hall–Kier alpha value is -2.42. The van der Waals surface area contributed by atoms with E-state index < -0.39 is 0 Å². The molecule has 0 spiro atoms. The van der Waals surface area contributed by atoms with Gasteiger partial charge in [0.1, 0.15) is 5.52 Å². The van der Waals surface area contributed by atoms with Crippen molar-refractivity contribution in [3.63, 3.8) is 0 Å². The van der Waals surface area contributed by atoms with Gasteiger partial charge < -0.3 is 4.52 Å². The third-order valence-corrected chi connectivity index (χ3v) is 3.10. The normalized spacial score (nSPS) is 11.5. The highest BCUT2D eigenvalue weighted by atomic mass is 16.5. The quantitative estimate of drug-likeness (QED) is 0.425. The summed E-state index contributed by atoms with van der Waals surface area (Å²) in [5, 5.41) is 12.3. The number of aromatic nitrogens is 2. The molecule has 0 atom stereocenters. The first-order chi connectivity index (χ1) is 8.42. The molecule has 0 aliphatic heterocycles. The molecule has 0 saturated heterocycles. The Morgan fingerprint density at radius 3 is 2.53 bits per heavy atom. The summed E-state index contributed by atoms with van der Waals surface area (Å²) in [6.45, 7) is 0. The smallest absolute Gasteiger partial charge is 0.188 e. The van der Waals surface area contributed by atoms with Gasteiger partial charge in [-0.15, -0.1) is 5.10 Å². The van der Waals surface area contributed by atoms with E-state index in [1.54, 1.807) is 0 Å². The van der Waals surface area contributed by atoms with Gasteiger partial charge in [0.05, 0.1) is 0 Å². The van der Waals surface area contributed by atoms with Gasteiger partial charge in [0.25, 0.3) is 0 Å². The molecule has 1 heterocycles. The van der Waals surface area contributed by atoms with Crippen molar-refractivity contribution >= 4 is 32.6 Å². The summed E-state index contributed by atoms with van der Waals surface area (Å²) in [4.78, 5) is 0. The van der Waals surface area contributed by atoms with Crippen LogP contribution in [0.4, 0.5) is 0 Å². The maximum absolute atomic E-state index is 5.08. The number of hydrogen-bond acceptors (Lipinski definition) is 3. The molecule has 1 aromatic heterocycles. The third kappa shape index (κ3) is 1.16. The predicted octanol–water partition coefficient (Wildman–Crippen LogP) is 3.53. The fourth-order valence-electron chi connectivity index (χ4n) is 2.26. The molecule has 0 N–H and O–H groups in total. The van der Waals surface area contributed by atoms with Crippen LogP contribution in [0.5, 0.6) is 0 Å². The average Bonchev–Trinajstić information content (AvgIpc) is 2.85. The van der Waals surface area contributed by atoms with Gasteiger partial charge in [-0.25, -0.2) is 0 Å². The van der Waals surface area contributed by atoms with Crippen LogP contribution in [0.25, 0.3) is 32.6 Å². The van der Waals surface area contributed by atoms with Crippen LogP contribution in [0.3, 0.4) is 0 Å². The molecule has 0 saturated carbocycles. The minimum atomic E-state index is 0.729. The van der Waals surface area contributed by atoms with Crippen LogP contribution in [-0.4, -0.2) is 10.4 Å². The highest BCUT2D eigenvalue weighted by Gasteiger charge is 2.06. The zero-order valence-corrected chi connectivity index (χ0v) is 8.92. The second-order valence-electron chi connectivity index (χ2n) is 4.11. The molecule has 4 rings (SSSR count). The van der Waals surface area contributed by atoms with Gasteiger partial charge in [-0.05, 0) is 34.4 Å². The Bertz CT molecular complexity index is 848. The van der Waals surface area contributed by atoms with E-state index in [4.69, 9.17) is 4.52 Å². The van der Waals surface area contributed by atoms with E-state index in [2.05, 4.69) is 34.6 Å². The van der Waals surface area contributed by atoms with Gasteiger partial charge in [0.2, 0.25) is 0 Å². The second kappa shape index (κ2) is 3.04. The summed E-state index contributed by atoms with van der Waals surface area (Å²) in [7, 11) is 0. The van der Waals surface area contributed by atoms with Crippen LogP contribution >= 0.6 is 0 Å². The first-order valence-corrected chi connectivity index (χ1v) is 5.45. The maximum atomic E-state index is 5.08. The Labute approximate surface area is 96.6 Å². The molecule has 17 heavy (non-hydrogen) atoms. The largest absolute Gasteiger partial charge is 0.337 e. The Morgan fingerprint density at radius 2 is 1.65 bits per heavy atom. The number of rotatable bonds is 0. The SMILES string of the molecule is c1ccc2cc3c(ccc4onnc43)cc2c1. The Balaban J connectivity index is 2.29. The van der Waals surface area contributed by atoms with Crippen molar-refractivity contribution in [1.29, 1.82) is 0 Å². The number of hydrogen-bond donors (Lipinski definition) is 0. The molecular formula is C14H8N2O. The molecule has 0 aliphatic carbocycles. The lowest BCUT2D eigenvalue weighted by Crippen LogP contribution is -1.78. The lowest BCUT2D eigenvalue weighted by Gasteiger charge is -2.01. The highest BCUT2D eigenvalue weighted by molar-refractivity contribution is 6.08. The van der Waals surface area contributed by atoms with E-state index in [0.29, 0.717) is 0 Å². The van der Waals surface area contributed by atoms with Crippen molar-refractivity contribution in [2.75, 3.05) is 0 Å². The minimum absolute atomic E-state index is 0.729. The van der Waals surface area contributed by atoms with Crippen LogP contribution in [0, 0.1) is 0 Å². The van der Waals surface area contributed by atoms with Crippen molar-refractivity contribution in [1.82, 2.24) is 10.4 Å². The first kappa shape index (κ1) is 8.70. The molecule has 0 aliphatic rings. The van der Waals surface area contributed by atoms with Gasteiger partial charge >= 0.3 is 0 Å². The van der Waals surface area contributed by atoms with E-state index in [1.165, 1.54) is 10.8 Å². The summed E-state index contributed by atoms with van der Waals surface area (Å²) in [5.74, 6) is 0. The molecule has 80 valence electrons. The molecular weight excluding hydrogens is 212 g/mol. The number of nitrogens with zero attached hydrogens (tertiary/aromatic N) is 2. The van der Waals surface area contributed by atoms with Crippen molar-refractivity contribution in [3.05, 3.63) is 48.5 Å². The maximum Gasteiger partial charge on any atom is 0.188 e. The van der Waals surface area contributed by atoms with Crippen LogP contribution < -0.4 is 0 Å². The van der Waals surface area contributed by atoms with Crippen LogP contribution in [-0.2, 0) is 0 Å². The summed E-state index contributed by atoms with van der Waals surface area (Å²) in [6.07, 6.45) is 0. The van der Waals surface area contributed by atoms with Crippen molar-refractivity contribution in [3.8, 4) is 0 Å². The monoisotopic (exact) mass is 220 g/mol. The standard InChI is InChI=1S/C14H8N2O/c1-2-4-10-8-12-11(7-9(10)3-1)5-6-13-14(12)15-16-17-13/h1-8H. The van der Waals surface area contributed by atoms with E-state index >= 15 is 0 Å². The highest BCUT2D eigenvalue weighted by Crippen LogP contribution is 2.27. The summed E-state index contributed by atoms with van der Waals surface area (Å²) in [6, 6.07) is 16.5. The van der Waals surface area contributed by atoms with E-state index in [1.807, 2.05) is 24.3 Å². The molecule has 0 amide bonds. The van der Waals surface area contributed by atoms with Gasteiger partial charge in [0.15, 0.2) is 5.58 Å². The average molecular weight is 220 g/mol. The third-order valence-electron chi connectivity index (χ3n) is 3.10.